The SMILES string of the molecule is CCCCc1nc2cnc3ccsc3c2n1CC1CCOCC1. The molecular weight excluding hydrogens is 306 g/mol. The van der Waals surface area contributed by atoms with Gasteiger partial charge in [0.15, 0.2) is 0 Å². The summed E-state index contributed by atoms with van der Waals surface area (Å²) in [5.41, 5.74) is 3.44. The highest BCUT2D eigenvalue weighted by Crippen LogP contribution is 2.31. The molecule has 3 aromatic rings. The van der Waals surface area contributed by atoms with E-state index in [2.05, 4.69) is 27.9 Å². The molecule has 1 aliphatic rings. The molecule has 3 aromatic heterocycles. The summed E-state index contributed by atoms with van der Waals surface area (Å²) in [5, 5.41) is 2.13. The molecule has 0 saturated carbocycles. The van der Waals surface area contributed by atoms with Gasteiger partial charge in [-0.3, -0.25) is 4.98 Å². The molecule has 23 heavy (non-hydrogen) atoms. The number of pyridine rings is 1. The van der Waals surface area contributed by atoms with Crippen LogP contribution >= 0.6 is 11.3 Å². The van der Waals surface area contributed by atoms with E-state index in [1.54, 1.807) is 11.3 Å². The maximum absolute atomic E-state index is 5.53. The predicted molar refractivity (Wildman–Crippen MR) is 95.1 cm³/mol. The lowest BCUT2D eigenvalue weighted by Crippen LogP contribution is -2.21. The number of hydrogen-bond acceptors (Lipinski definition) is 4. The number of unbranched alkanes of at least 4 members (excludes halogenated alkanes) is 1. The summed E-state index contributed by atoms with van der Waals surface area (Å²) in [5.74, 6) is 1.93. The third-order valence-electron chi connectivity index (χ3n) is 4.79. The minimum atomic E-state index is 0.699. The molecule has 0 aromatic carbocycles. The van der Waals surface area contributed by atoms with Gasteiger partial charge in [0, 0.05) is 26.2 Å². The Morgan fingerprint density at radius 3 is 3.00 bits per heavy atom. The number of nitrogens with zero attached hydrogens (tertiary/aromatic N) is 3. The first-order chi connectivity index (χ1) is 11.4. The summed E-state index contributed by atoms with van der Waals surface area (Å²) in [6.07, 6.45) is 7.71. The highest BCUT2D eigenvalue weighted by atomic mass is 32.1. The van der Waals surface area contributed by atoms with E-state index in [-0.39, 0.29) is 0 Å². The maximum Gasteiger partial charge on any atom is 0.109 e. The number of rotatable bonds is 5. The molecule has 0 radical (unpaired) electrons. The quantitative estimate of drug-likeness (QED) is 0.696. The van der Waals surface area contributed by atoms with E-state index in [4.69, 9.17) is 9.72 Å². The number of ether oxygens (including phenoxy) is 1. The summed E-state index contributed by atoms with van der Waals surface area (Å²) in [6, 6.07) is 2.11. The minimum absolute atomic E-state index is 0.699. The zero-order chi connectivity index (χ0) is 15.6. The zero-order valence-electron chi connectivity index (χ0n) is 13.6. The molecule has 1 saturated heterocycles. The lowest BCUT2D eigenvalue weighted by molar-refractivity contribution is 0.0613. The number of thiophene rings is 1. The molecule has 0 spiro atoms. The second-order valence-corrected chi connectivity index (χ2v) is 7.34. The predicted octanol–water partition coefficient (Wildman–Crippen LogP) is 4.42. The molecule has 0 amide bonds. The van der Waals surface area contributed by atoms with Gasteiger partial charge in [0.25, 0.3) is 0 Å². The maximum atomic E-state index is 5.53. The molecule has 1 fully saturated rings. The molecule has 0 atom stereocenters. The fourth-order valence-electron chi connectivity index (χ4n) is 3.47. The van der Waals surface area contributed by atoms with E-state index >= 15 is 0 Å². The minimum Gasteiger partial charge on any atom is -0.381 e. The lowest BCUT2D eigenvalue weighted by atomic mass is 10.00. The van der Waals surface area contributed by atoms with Gasteiger partial charge in [-0.25, -0.2) is 4.98 Å². The number of imidazole rings is 1. The Bertz CT molecular complexity index is 801. The number of fused-ring (bicyclic) bond motifs is 3. The number of aromatic nitrogens is 3. The van der Waals surface area contributed by atoms with Gasteiger partial charge < -0.3 is 9.30 Å². The van der Waals surface area contributed by atoms with Gasteiger partial charge in [0.2, 0.25) is 0 Å². The molecule has 0 N–H and O–H groups in total. The third-order valence-corrected chi connectivity index (χ3v) is 5.70. The Hall–Kier alpha value is -1.46. The third kappa shape index (κ3) is 2.88. The Morgan fingerprint density at radius 2 is 2.17 bits per heavy atom. The van der Waals surface area contributed by atoms with Crippen molar-refractivity contribution in [3.8, 4) is 0 Å². The van der Waals surface area contributed by atoms with Crippen LogP contribution in [-0.4, -0.2) is 27.7 Å². The second-order valence-electron chi connectivity index (χ2n) is 6.42. The topological polar surface area (TPSA) is 39.9 Å². The van der Waals surface area contributed by atoms with Crippen molar-refractivity contribution in [1.82, 2.24) is 14.5 Å². The van der Waals surface area contributed by atoms with Gasteiger partial charge >= 0.3 is 0 Å². The van der Waals surface area contributed by atoms with Crippen LogP contribution in [0.5, 0.6) is 0 Å². The van der Waals surface area contributed by atoms with E-state index in [1.165, 1.54) is 28.9 Å². The van der Waals surface area contributed by atoms with Gasteiger partial charge in [-0.2, -0.15) is 0 Å². The Balaban J connectivity index is 1.80. The van der Waals surface area contributed by atoms with Crippen molar-refractivity contribution >= 4 is 32.6 Å². The summed E-state index contributed by atoms with van der Waals surface area (Å²) < 4.78 is 9.30. The van der Waals surface area contributed by atoms with Crippen LogP contribution < -0.4 is 0 Å². The van der Waals surface area contributed by atoms with Gasteiger partial charge in [-0.05, 0) is 36.6 Å². The summed E-state index contributed by atoms with van der Waals surface area (Å²) >= 11 is 1.78. The van der Waals surface area contributed by atoms with Crippen molar-refractivity contribution in [2.75, 3.05) is 13.2 Å². The van der Waals surface area contributed by atoms with Crippen molar-refractivity contribution in [3.05, 3.63) is 23.5 Å². The van der Waals surface area contributed by atoms with Gasteiger partial charge in [-0.15, -0.1) is 11.3 Å². The van der Waals surface area contributed by atoms with E-state index in [0.29, 0.717) is 5.92 Å². The van der Waals surface area contributed by atoms with Crippen molar-refractivity contribution in [3.63, 3.8) is 0 Å². The molecule has 4 rings (SSSR count). The lowest BCUT2D eigenvalue weighted by Gasteiger charge is -2.23. The van der Waals surface area contributed by atoms with Crippen LogP contribution in [0.25, 0.3) is 21.3 Å². The first-order valence-electron chi connectivity index (χ1n) is 8.66. The molecule has 0 bridgehead atoms. The largest absolute Gasteiger partial charge is 0.381 e. The van der Waals surface area contributed by atoms with Crippen molar-refractivity contribution in [2.24, 2.45) is 5.92 Å². The van der Waals surface area contributed by atoms with E-state index < -0.39 is 0 Å². The highest BCUT2D eigenvalue weighted by Gasteiger charge is 2.20. The van der Waals surface area contributed by atoms with Crippen LogP contribution in [0, 0.1) is 5.92 Å². The standard InChI is InChI=1S/C18H23N3OS/c1-2-3-4-16-20-15-11-19-14-7-10-23-18(14)17(15)21(16)12-13-5-8-22-9-6-13/h7,10-11,13H,2-6,8-9,12H2,1H3. The Labute approximate surface area is 140 Å². The van der Waals surface area contributed by atoms with Crippen LogP contribution in [0.4, 0.5) is 0 Å². The first kappa shape index (κ1) is 15.1. The average Bonchev–Trinajstić information content (AvgIpc) is 3.18. The Kier molecular flexibility index (Phi) is 4.31. The van der Waals surface area contributed by atoms with Crippen molar-refractivity contribution < 1.29 is 4.74 Å². The van der Waals surface area contributed by atoms with E-state index in [0.717, 1.165) is 50.1 Å². The van der Waals surface area contributed by atoms with Gasteiger partial charge in [0.1, 0.15) is 11.3 Å². The fraction of sp³-hybridized carbons (Fsp3) is 0.556. The Morgan fingerprint density at radius 1 is 1.30 bits per heavy atom. The average molecular weight is 329 g/mol. The molecule has 1 aliphatic heterocycles. The van der Waals surface area contributed by atoms with Crippen LogP contribution in [-0.2, 0) is 17.7 Å². The van der Waals surface area contributed by atoms with Gasteiger partial charge in [0.05, 0.1) is 21.9 Å². The molecule has 122 valence electrons. The normalized spacial score (nSPS) is 16.6. The van der Waals surface area contributed by atoms with Crippen molar-refractivity contribution in [1.29, 1.82) is 0 Å². The van der Waals surface area contributed by atoms with E-state index in [9.17, 15) is 0 Å². The number of hydrogen-bond donors (Lipinski definition) is 0. The van der Waals surface area contributed by atoms with Crippen LogP contribution in [0.1, 0.15) is 38.4 Å². The fourth-order valence-corrected chi connectivity index (χ4v) is 4.37. The van der Waals surface area contributed by atoms with Crippen LogP contribution in [0.15, 0.2) is 17.6 Å². The van der Waals surface area contributed by atoms with E-state index in [1.807, 2.05) is 6.20 Å². The molecule has 0 aliphatic carbocycles. The smallest absolute Gasteiger partial charge is 0.109 e. The van der Waals surface area contributed by atoms with Crippen LogP contribution in [0.3, 0.4) is 0 Å². The first-order valence-corrected chi connectivity index (χ1v) is 9.54. The zero-order valence-corrected chi connectivity index (χ0v) is 14.4. The molecule has 4 nitrogen and oxygen atoms in total. The molecule has 4 heterocycles. The molecule has 0 unspecified atom stereocenters. The summed E-state index contributed by atoms with van der Waals surface area (Å²) in [7, 11) is 0. The number of aryl methyl sites for hydroxylation is 1. The highest BCUT2D eigenvalue weighted by molar-refractivity contribution is 7.18. The summed E-state index contributed by atoms with van der Waals surface area (Å²) in [6.45, 7) is 5.11. The van der Waals surface area contributed by atoms with Gasteiger partial charge in [-0.1, -0.05) is 13.3 Å². The second kappa shape index (κ2) is 6.57. The van der Waals surface area contributed by atoms with Crippen molar-refractivity contribution in [2.45, 2.75) is 45.6 Å². The molecular formula is C18H23N3OS. The monoisotopic (exact) mass is 329 g/mol. The molecule has 5 heteroatoms. The van der Waals surface area contributed by atoms with Crippen LogP contribution in [0.2, 0.25) is 0 Å². The summed E-state index contributed by atoms with van der Waals surface area (Å²) in [4.78, 5) is 9.49.